The van der Waals surface area contributed by atoms with Gasteiger partial charge in [0.25, 0.3) is 0 Å². The summed E-state index contributed by atoms with van der Waals surface area (Å²) in [5.41, 5.74) is 0. The zero-order chi connectivity index (χ0) is 8.27. The Morgan fingerprint density at radius 1 is 1.73 bits per heavy atom. The van der Waals surface area contributed by atoms with E-state index in [1.165, 1.54) is 12.1 Å². The molecule has 0 bridgehead atoms. The van der Waals surface area contributed by atoms with Crippen LogP contribution in [0.4, 0.5) is 5.88 Å². The van der Waals surface area contributed by atoms with Crippen LogP contribution in [0.5, 0.6) is 0 Å². The molecule has 0 aromatic carbocycles. The zero-order valence-electron chi connectivity index (χ0n) is 5.47. The third-order valence-electron chi connectivity index (χ3n) is 1.04. The first-order valence-corrected chi connectivity index (χ1v) is 2.73. The first-order valence-electron chi connectivity index (χ1n) is 2.73. The fraction of sp³-hybridized carbons (Fsp3) is 0. The Morgan fingerprint density at radius 2 is 2.45 bits per heavy atom. The predicted molar refractivity (Wildman–Crippen MR) is 32.4 cm³/mol. The average Bonchev–Trinajstić information content (AvgIpc) is 2.50. The van der Waals surface area contributed by atoms with E-state index < -0.39 is 0 Å². The lowest BCUT2D eigenvalue weighted by Crippen LogP contribution is -1.97. The van der Waals surface area contributed by atoms with Gasteiger partial charge in [-0.3, -0.25) is 4.79 Å². The molecule has 1 rings (SSSR count). The van der Waals surface area contributed by atoms with Crippen LogP contribution in [0.2, 0.25) is 0 Å². The van der Waals surface area contributed by atoms with Crippen molar-refractivity contribution in [2.24, 2.45) is 11.1 Å². The molecule has 0 saturated heterocycles. The van der Waals surface area contributed by atoms with Crippen LogP contribution >= 0.6 is 0 Å². The quantitative estimate of drug-likeness (QED) is 0.214. The molecule has 6 nitrogen and oxygen atoms in total. The van der Waals surface area contributed by atoms with Crippen molar-refractivity contribution in [3.05, 3.63) is 17.9 Å². The van der Waals surface area contributed by atoms with E-state index in [0.717, 1.165) is 0 Å². The number of carbonyl (C=O) groups excluding carboxylic acids is 1. The Bertz CT molecular complexity index is 291. The van der Waals surface area contributed by atoms with Crippen molar-refractivity contribution >= 4 is 12.2 Å². The van der Waals surface area contributed by atoms with E-state index in [-0.39, 0.29) is 11.6 Å². The largest absolute Gasteiger partial charge is 0.416 e. The maximum Gasteiger partial charge on any atom is 0.356 e. The number of carbonyl (C=O) groups is 1. The van der Waals surface area contributed by atoms with Gasteiger partial charge in [-0.25, -0.2) is 0 Å². The van der Waals surface area contributed by atoms with E-state index in [2.05, 4.69) is 5.22 Å². The first-order chi connectivity index (χ1) is 5.27. The molecule has 0 radical (unpaired) electrons. The van der Waals surface area contributed by atoms with Crippen LogP contribution in [0, 0.1) is 0 Å². The van der Waals surface area contributed by atoms with Crippen LogP contribution < -0.4 is 5.84 Å². The fourth-order valence-electron chi connectivity index (χ4n) is 0.570. The van der Waals surface area contributed by atoms with Gasteiger partial charge in [-0.2, -0.15) is 5.84 Å². The lowest BCUT2D eigenvalue weighted by Gasteiger charge is -1.83. The molecule has 0 unspecified atom stereocenters. The summed E-state index contributed by atoms with van der Waals surface area (Å²) in [6.45, 7) is 0. The van der Waals surface area contributed by atoms with E-state index in [0.29, 0.717) is 11.1 Å². The highest BCUT2D eigenvalue weighted by Crippen LogP contribution is 2.13. The molecule has 1 aromatic heterocycles. The molecule has 0 atom stereocenters. The SMILES string of the molecule is NN=[N+](O)c1ccc(C=O)o1. The van der Waals surface area contributed by atoms with Crippen molar-refractivity contribution in [1.82, 2.24) is 0 Å². The number of rotatable bonds is 2. The highest BCUT2D eigenvalue weighted by atomic mass is 16.5. The molecule has 3 N–H and O–H groups in total. The normalized spacial score (nSPS) is 11.5. The minimum absolute atomic E-state index is 0.00500. The number of furan rings is 1. The second-order valence-electron chi connectivity index (χ2n) is 1.70. The van der Waals surface area contributed by atoms with E-state index >= 15 is 0 Å². The molecule has 58 valence electrons. The first kappa shape index (κ1) is 7.26. The zero-order valence-corrected chi connectivity index (χ0v) is 5.47. The van der Waals surface area contributed by atoms with Gasteiger partial charge in [0.15, 0.2) is 12.0 Å². The third-order valence-corrected chi connectivity index (χ3v) is 1.04. The van der Waals surface area contributed by atoms with Gasteiger partial charge < -0.3 is 9.62 Å². The molecule has 11 heavy (non-hydrogen) atoms. The van der Waals surface area contributed by atoms with Crippen molar-refractivity contribution in [1.29, 1.82) is 0 Å². The number of hydrogen-bond acceptors (Lipinski definition) is 3. The van der Waals surface area contributed by atoms with Crippen molar-refractivity contribution in [3.63, 3.8) is 0 Å². The third kappa shape index (κ3) is 1.34. The molecule has 0 spiro atoms. The molecular formula is C5H6N3O3+. The predicted octanol–water partition coefficient (Wildman–Crippen LogP) is 0.451. The van der Waals surface area contributed by atoms with Gasteiger partial charge in [-0.1, -0.05) is 0 Å². The Hall–Kier alpha value is -1.85. The average molecular weight is 156 g/mol. The number of nitrogens with two attached hydrogens (primary N) is 1. The molecule has 0 aliphatic rings. The minimum atomic E-state index is -0.00500. The lowest BCUT2D eigenvalue weighted by atomic mass is 10.5. The Morgan fingerprint density at radius 3 is 2.91 bits per heavy atom. The highest BCUT2D eigenvalue weighted by Gasteiger charge is 2.08. The molecule has 1 aromatic rings. The van der Waals surface area contributed by atoms with E-state index in [4.69, 9.17) is 15.5 Å². The second-order valence-corrected chi connectivity index (χ2v) is 1.70. The summed E-state index contributed by atoms with van der Waals surface area (Å²) in [5.74, 6) is 4.80. The second kappa shape index (κ2) is 2.82. The van der Waals surface area contributed by atoms with Crippen LogP contribution in [0.3, 0.4) is 0 Å². The van der Waals surface area contributed by atoms with E-state index in [9.17, 15) is 4.79 Å². The van der Waals surface area contributed by atoms with Crippen LogP contribution in [-0.4, -0.2) is 16.4 Å². The molecule has 0 aliphatic carbocycles. The van der Waals surface area contributed by atoms with Gasteiger partial charge >= 0.3 is 5.88 Å². The van der Waals surface area contributed by atoms with Crippen LogP contribution in [0.15, 0.2) is 21.8 Å². The van der Waals surface area contributed by atoms with Gasteiger partial charge in [0.05, 0.1) is 4.86 Å². The topological polar surface area (TPSA) is 91.8 Å². The van der Waals surface area contributed by atoms with Gasteiger partial charge in [0.1, 0.15) is 5.22 Å². The van der Waals surface area contributed by atoms with Crippen molar-refractivity contribution in [3.8, 4) is 0 Å². The molecular weight excluding hydrogens is 150 g/mol. The maximum absolute atomic E-state index is 10.1. The number of aldehydes is 1. The molecule has 1 heterocycles. The van der Waals surface area contributed by atoms with Crippen molar-refractivity contribution in [2.75, 3.05) is 0 Å². The summed E-state index contributed by atoms with van der Waals surface area (Å²) in [4.78, 5) is 10.4. The van der Waals surface area contributed by atoms with Crippen molar-refractivity contribution < 1.29 is 19.3 Å². The number of hydrogen-bond donors (Lipinski definition) is 2. The van der Waals surface area contributed by atoms with E-state index in [1.807, 2.05) is 0 Å². The Balaban J connectivity index is 2.97. The summed E-state index contributed by atoms with van der Waals surface area (Å²) < 4.78 is 4.72. The molecule has 0 saturated carbocycles. The summed E-state index contributed by atoms with van der Waals surface area (Å²) in [6, 6.07) is 2.75. The summed E-state index contributed by atoms with van der Waals surface area (Å²) in [7, 11) is 0. The monoisotopic (exact) mass is 156 g/mol. The highest BCUT2D eigenvalue weighted by molar-refractivity contribution is 5.70. The standard InChI is InChI=1S/C5H5N3O3/c6-7-8(10)5-2-1-4(3-9)11-5/h1-3,6,10H/p+1. The molecule has 0 aliphatic heterocycles. The van der Waals surface area contributed by atoms with E-state index in [1.54, 1.807) is 0 Å². The maximum atomic E-state index is 10.1. The van der Waals surface area contributed by atoms with Gasteiger partial charge in [-0.05, 0) is 6.07 Å². The summed E-state index contributed by atoms with van der Waals surface area (Å²) >= 11 is 0. The smallest absolute Gasteiger partial charge is 0.356 e. The molecule has 0 amide bonds. The number of nitrogens with zero attached hydrogens (tertiary/aromatic N) is 2. The Labute approximate surface area is 61.5 Å². The summed E-state index contributed by atoms with van der Waals surface area (Å²) in [5, 5.41) is 11.7. The minimum Gasteiger partial charge on any atom is -0.416 e. The molecule has 6 heteroatoms. The van der Waals surface area contributed by atoms with Gasteiger partial charge in [0, 0.05) is 6.07 Å². The van der Waals surface area contributed by atoms with Gasteiger partial charge in [-0.15, -0.1) is 0 Å². The Kier molecular flexibility index (Phi) is 1.86. The lowest BCUT2D eigenvalue weighted by molar-refractivity contribution is -0.773. The van der Waals surface area contributed by atoms with Crippen LogP contribution in [0.25, 0.3) is 0 Å². The summed E-state index contributed by atoms with van der Waals surface area (Å²) in [6.07, 6.45) is 0.508. The molecule has 0 fully saturated rings. The van der Waals surface area contributed by atoms with Crippen molar-refractivity contribution in [2.45, 2.75) is 0 Å². The van der Waals surface area contributed by atoms with Gasteiger partial charge in [0.2, 0.25) is 0 Å². The fourth-order valence-corrected chi connectivity index (χ4v) is 0.570. The van der Waals surface area contributed by atoms with Crippen LogP contribution in [-0.2, 0) is 0 Å². The van der Waals surface area contributed by atoms with Crippen LogP contribution in [0.1, 0.15) is 10.6 Å².